The molecule has 0 aromatic rings. The molecule has 2 unspecified atom stereocenters. The van der Waals surface area contributed by atoms with Gasteiger partial charge in [-0.05, 0) is 57.0 Å². The van der Waals surface area contributed by atoms with Gasteiger partial charge in [0.25, 0.3) is 0 Å². The molecule has 26 heavy (non-hydrogen) atoms. The first-order valence-corrected chi connectivity index (χ1v) is 10.6. The van der Waals surface area contributed by atoms with Gasteiger partial charge in [0.2, 0.25) is 11.8 Å². The largest absolute Gasteiger partial charge is 0.381 e. The van der Waals surface area contributed by atoms with E-state index in [0.717, 1.165) is 58.7 Å². The molecule has 4 heterocycles. The molecular formula is C20H31N3O3. The monoisotopic (exact) mass is 361 g/mol. The molecule has 4 aliphatic heterocycles. The molecule has 1 aliphatic carbocycles. The van der Waals surface area contributed by atoms with Crippen molar-refractivity contribution < 1.29 is 14.3 Å². The van der Waals surface area contributed by atoms with Crippen LogP contribution in [0.15, 0.2) is 0 Å². The standard InChI is InChI=1S/C20H31N3O3/c24-18(17-15-12-26-13-16(15)17)23-8-3-4-20(14-23)5-9-22(19(20)25)11-10-21-6-1-2-7-21/h15-17H,1-14H2/t15-,16+,17?,20?. The minimum Gasteiger partial charge on any atom is -0.381 e. The Morgan fingerprint density at radius 3 is 2.54 bits per heavy atom. The third-order valence-corrected chi connectivity index (χ3v) is 7.61. The second-order valence-electron chi connectivity index (χ2n) is 9.13. The van der Waals surface area contributed by atoms with Gasteiger partial charge in [0.05, 0.1) is 18.6 Å². The zero-order valence-electron chi connectivity index (χ0n) is 15.7. The number of amides is 2. The summed E-state index contributed by atoms with van der Waals surface area (Å²) in [6.07, 6.45) is 5.44. The molecule has 0 aromatic heterocycles. The maximum Gasteiger partial charge on any atom is 0.230 e. The van der Waals surface area contributed by atoms with E-state index in [4.69, 9.17) is 4.74 Å². The molecule has 2 amide bonds. The van der Waals surface area contributed by atoms with Crippen LogP contribution < -0.4 is 0 Å². The fourth-order valence-electron chi connectivity index (χ4n) is 5.89. The number of hydrogen-bond acceptors (Lipinski definition) is 4. The Kier molecular flexibility index (Phi) is 4.24. The number of likely N-dealkylation sites (tertiary alicyclic amines) is 3. The summed E-state index contributed by atoms with van der Waals surface area (Å²) >= 11 is 0. The fourth-order valence-corrected chi connectivity index (χ4v) is 5.89. The van der Waals surface area contributed by atoms with Crippen LogP contribution in [0.4, 0.5) is 0 Å². The first-order valence-electron chi connectivity index (χ1n) is 10.6. The molecule has 1 spiro atoms. The summed E-state index contributed by atoms with van der Waals surface area (Å²) in [7, 11) is 0. The van der Waals surface area contributed by atoms with Crippen molar-refractivity contribution in [1.29, 1.82) is 0 Å². The number of piperidine rings is 1. The predicted molar refractivity (Wildman–Crippen MR) is 96.4 cm³/mol. The second kappa shape index (κ2) is 6.48. The van der Waals surface area contributed by atoms with Crippen LogP contribution in [0.2, 0.25) is 0 Å². The van der Waals surface area contributed by atoms with Gasteiger partial charge in [0.15, 0.2) is 0 Å². The molecule has 0 bridgehead atoms. The van der Waals surface area contributed by atoms with Crippen molar-refractivity contribution in [2.45, 2.75) is 32.1 Å². The SMILES string of the molecule is O=C(C1[C@H]2COC[C@@H]12)N1CCCC2(CCN(CCN3CCCC3)C2=O)C1. The molecule has 1 saturated carbocycles. The van der Waals surface area contributed by atoms with E-state index in [0.29, 0.717) is 30.2 Å². The van der Waals surface area contributed by atoms with Crippen molar-refractivity contribution in [1.82, 2.24) is 14.7 Å². The average Bonchev–Trinajstić information content (AvgIpc) is 3.10. The van der Waals surface area contributed by atoms with Crippen LogP contribution >= 0.6 is 0 Å². The third kappa shape index (κ3) is 2.76. The molecule has 5 rings (SSSR count). The molecule has 144 valence electrons. The number of hydrogen-bond donors (Lipinski definition) is 0. The highest BCUT2D eigenvalue weighted by molar-refractivity contribution is 5.87. The van der Waals surface area contributed by atoms with Crippen molar-refractivity contribution in [3.8, 4) is 0 Å². The quantitative estimate of drug-likeness (QED) is 0.744. The summed E-state index contributed by atoms with van der Waals surface area (Å²) in [5, 5.41) is 0. The van der Waals surface area contributed by atoms with E-state index in [2.05, 4.69) is 9.80 Å². The summed E-state index contributed by atoms with van der Waals surface area (Å²) in [5.74, 6) is 1.70. The fraction of sp³-hybridized carbons (Fsp3) is 0.900. The molecule has 5 aliphatic rings. The van der Waals surface area contributed by atoms with Crippen LogP contribution in [0.1, 0.15) is 32.1 Å². The van der Waals surface area contributed by atoms with Gasteiger partial charge in [-0.2, -0.15) is 0 Å². The van der Waals surface area contributed by atoms with E-state index in [1.165, 1.54) is 25.9 Å². The van der Waals surface area contributed by atoms with E-state index in [9.17, 15) is 9.59 Å². The summed E-state index contributed by atoms with van der Waals surface area (Å²) in [6, 6.07) is 0. The number of nitrogens with zero attached hydrogens (tertiary/aromatic N) is 3. The van der Waals surface area contributed by atoms with Gasteiger partial charge in [-0.1, -0.05) is 0 Å². The van der Waals surface area contributed by atoms with Crippen molar-refractivity contribution >= 4 is 11.8 Å². The van der Waals surface area contributed by atoms with Crippen molar-refractivity contribution in [3.05, 3.63) is 0 Å². The zero-order chi connectivity index (χ0) is 17.7. The number of carbonyl (C=O) groups is 2. The lowest BCUT2D eigenvalue weighted by Gasteiger charge is -2.39. The number of rotatable bonds is 4. The molecule has 0 N–H and O–H groups in total. The Hall–Kier alpha value is -1.14. The average molecular weight is 361 g/mol. The maximum absolute atomic E-state index is 13.2. The van der Waals surface area contributed by atoms with E-state index >= 15 is 0 Å². The highest BCUT2D eigenvalue weighted by Gasteiger charge is 2.60. The highest BCUT2D eigenvalue weighted by Crippen LogP contribution is 2.52. The Balaban J connectivity index is 1.20. The Labute approximate surface area is 155 Å². The molecule has 4 saturated heterocycles. The van der Waals surface area contributed by atoms with Crippen LogP contribution in [0.3, 0.4) is 0 Å². The Morgan fingerprint density at radius 2 is 1.77 bits per heavy atom. The summed E-state index contributed by atoms with van der Waals surface area (Å²) in [5.41, 5.74) is -0.292. The van der Waals surface area contributed by atoms with Crippen LogP contribution in [-0.4, -0.2) is 85.5 Å². The van der Waals surface area contributed by atoms with Gasteiger partial charge < -0.3 is 19.4 Å². The molecule has 5 fully saturated rings. The van der Waals surface area contributed by atoms with Crippen LogP contribution in [0.25, 0.3) is 0 Å². The topological polar surface area (TPSA) is 53.1 Å². The molecule has 6 heteroatoms. The zero-order valence-corrected chi connectivity index (χ0v) is 15.7. The van der Waals surface area contributed by atoms with E-state index < -0.39 is 0 Å². The van der Waals surface area contributed by atoms with Gasteiger partial charge in [-0.15, -0.1) is 0 Å². The normalized spacial score (nSPS) is 39.8. The van der Waals surface area contributed by atoms with Crippen molar-refractivity contribution in [3.63, 3.8) is 0 Å². The van der Waals surface area contributed by atoms with Gasteiger partial charge in [-0.25, -0.2) is 0 Å². The highest BCUT2D eigenvalue weighted by atomic mass is 16.5. The van der Waals surface area contributed by atoms with Gasteiger partial charge in [0.1, 0.15) is 0 Å². The lowest BCUT2D eigenvalue weighted by molar-refractivity contribution is -0.144. The molecular weight excluding hydrogens is 330 g/mol. The summed E-state index contributed by atoms with van der Waals surface area (Å²) in [4.78, 5) is 32.7. The number of carbonyl (C=O) groups excluding carboxylic acids is 2. The smallest absolute Gasteiger partial charge is 0.230 e. The number of ether oxygens (including phenoxy) is 1. The molecule has 4 atom stereocenters. The van der Waals surface area contributed by atoms with Gasteiger partial charge >= 0.3 is 0 Å². The summed E-state index contributed by atoms with van der Waals surface area (Å²) < 4.78 is 5.43. The van der Waals surface area contributed by atoms with Gasteiger partial charge in [-0.3, -0.25) is 9.59 Å². The predicted octanol–water partition coefficient (Wildman–Crippen LogP) is 0.816. The maximum atomic E-state index is 13.2. The van der Waals surface area contributed by atoms with Crippen LogP contribution in [0, 0.1) is 23.2 Å². The van der Waals surface area contributed by atoms with Gasteiger partial charge in [0, 0.05) is 38.6 Å². The van der Waals surface area contributed by atoms with Crippen LogP contribution in [-0.2, 0) is 14.3 Å². The lowest BCUT2D eigenvalue weighted by Crippen LogP contribution is -2.51. The lowest BCUT2D eigenvalue weighted by atomic mass is 9.78. The van der Waals surface area contributed by atoms with Crippen molar-refractivity contribution in [2.24, 2.45) is 23.2 Å². The summed E-state index contributed by atoms with van der Waals surface area (Å²) in [6.45, 7) is 8.10. The Bertz CT molecular complexity index is 581. The van der Waals surface area contributed by atoms with Crippen LogP contribution in [0.5, 0.6) is 0 Å². The first kappa shape index (κ1) is 17.0. The van der Waals surface area contributed by atoms with E-state index in [1.54, 1.807) is 0 Å². The molecule has 0 radical (unpaired) electrons. The minimum absolute atomic E-state index is 0.182. The minimum atomic E-state index is -0.292. The molecule has 0 aromatic carbocycles. The first-order chi connectivity index (χ1) is 12.7. The van der Waals surface area contributed by atoms with E-state index in [1.807, 2.05) is 4.90 Å². The molecule has 6 nitrogen and oxygen atoms in total. The van der Waals surface area contributed by atoms with E-state index in [-0.39, 0.29) is 11.3 Å². The Morgan fingerprint density at radius 1 is 1.00 bits per heavy atom. The van der Waals surface area contributed by atoms with Crippen molar-refractivity contribution in [2.75, 3.05) is 59.0 Å². The second-order valence-corrected chi connectivity index (χ2v) is 9.13. The third-order valence-electron chi connectivity index (χ3n) is 7.61. The number of fused-ring (bicyclic) bond motifs is 1.